The molecule has 0 aromatic carbocycles. The molecule has 0 aromatic heterocycles. The van der Waals surface area contributed by atoms with Crippen molar-refractivity contribution in [3.63, 3.8) is 0 Å². The van der Waals surface area contributed by atoms with Crippen LogP contribution in [0.15, 0.2) is 0 Å². The average molecular weight is 188 g/mol. The van der Waals surface area contributed by atoms with Crippen molar-refractivity contribution in [2.75, 3.05) is 5.75 Å². The first-order valence-electron chi connectivity index (χ1n) is 4.63. The smallest absolute Gasteiger partial charge is 0.145 e. The van der Waals surface area contributed by atoms with E-state index in [1.54, 1.807) is 0 Å². The van der Waals surface area contributed by atoms with Gasteiger partial charge in [-0.2, -0.15) is 0 Å². The molecule has 0 bridgehead atoms. The molecule has 0 saturated heterocycles. The van der Waals surface area contributed by atoms with Gasteiger partial charge in [-0.25, -0.2) is 0 Å². The zero-order valence-electron chi connectivity index (χ0n) is 7.54. The second-order valence-electron chi connectivity index (χ2n) is 3.32. The summed E-state index contributed by atoms with van der Waals surface area (Å²) in [7, 11) is -0.875. The van der Waals surface area contributed by atoms with E-state index in [1.807, 2.05) is 6.92 Å². The Labute approximate surface area is 76.2 Å². The molecule has 12 heavy (non-hydrogen) atoms. The van der Waals surface area contributed by atoms with E-state index in [-0.39, 0.29) is 5.78 Å². The van der Waals surface area contributed by atoms with Gasteiger partial charge in [0.05, 0.1) is 5.75 Å². The van der Waals surface area contributed by atoms with Gasteiger partial charge in [0.2, 0.25) is 0 Å². The molecule has 1 atom stereocenters. The highest BCUT2D eigenvalue weighted by molar-refractivity contribution is 7.86. The Hall–Kier alpha value is -0.180. The number of hydrogen-bond acceptors (Lipinski definition) is 2. The van der Waals surface area contributed by atoms with E-state index in [2.05, 4.69) is 0 Å². The third kappa shape index (κ3) is 2.70. The van der Waals surface area contributed by atoms with Gasteiger partial charge >= 0.3 is 0 Å². The Morgan fingerprint density at radius 3 is 2.50 bits per heavy atom. The lowest BCUT2D eigenvalue weighted by Gasteiger charge is -2.06. The normalized spacial score (nSPS) is 21.1. The average Bonchev–Trinajstić information content (AvgIpc) is 2.56. The zero-order valence-corrected chi connectivity index (χ0v) is 8.36. The Bertz CT molecular complexity index is 183. The van der Waals surface area contributed by atoms with Crippen molar-refractivity contribution in [2.45, 2.75) is 44.3 Å². The van der Waals surface area contributed by atoms with Gasteiger partial charge in [0, 0.05) is 22.5 Å². The molecule has 0 amide bonds. The molecule has 0 radical (unpaired) electrons. The van der Waals surface area contributed by atoms with Gasteiger partial charge in [0.1, 0.15) is 5.78 Å². The van der Waals surface area contributed by atoms with Crippen molar-refractivity contribution in [3.8, 4) is 0 Å². The number of carbonyl (C=O) groups is 1. The second-order valence-corrected chi connectivity index (χ2v) is 5.04. The van der Waals surface area contributed by atoms with Crippen molar-refractivity contribution in [3.05, 3.63) is 0 Å². The van der Waals surface area contributed by atoms with Crippen molar-refractivity contribution in [2.24, 2.45) is 0 Å². The Kier molecular flexibility index (Phi) is 3.92. The number of ketones is 1. The number of hydrogen-bond donors (Lipinski definition) is 0. The standard InChI is InChI=1S/C9H16O2S/c1-2-8(10)7-12(11)9-5-3-4-6-9/h9H,2-7H2,1H3. The highest BCUT2D eigenvalue weighted by Gasteiger charge is 2.22. The van der Waals surface area contributed by atoms with Gasteiger partial charge in [-0.05, 0) is 12.8 Å². The Balaban J connectivity index is 2.32. The summed E-state index contributed by atoms with van der Waals surface area (Å²) >= 11 is 0. The Morgan fingerprint density at radius 2 is 2.00 bits per heavy atom. The highest BCUT2D eigenvalue weighted by atomic mass is 32.2. The van der Waals surface area contributed by atoms with Crippen LogP contribution in [0.3, 0.4) is 0 Å². The van der Waals surface area contributed by atoms with E-state index < -0.39 is 10.8 Å². The third-order valence-electron chi connectivity index (χ3n) is 2.37. The molecule has 1 aliphatic carbocycles. The number of carbonyl (C=O) groups excluding carboxylic acids is 1. The summed E-state index contributed by atoms with van der Waals surface area (Å²) in [6.07, 6.45) is 5.03. The van der Waals surface area contributed by atoms with Crippen molar-refractivity contribution < 1.29 is 9.00 Å². The molecule has 1 rings (SSSR count). The molecule has 0 N–H and O–H groups in total. The minimum absolute atomic E-state index is 0.139. The first-order chi connectivity index (χ1) is 5.74. The van der Waals surface area contributed by atoms with Crippen LogP contribution in [-0.2, 0) is 15.6 Å². The van der Waals surface area contributed by atoms with E-state index in [0.717, 1.165) is 12.8 Å². The molecule has 1 saturated carbocycles. The van der Waals surface area contributed by atoms with Crippen LogP contribution < -0.4 is 0 Å². The maximum atomic E-state index is 11.5. The predicted molar refractivity (Wildman–Crippen MR) is 50.6 cm³/mol. The molecule has 1 unspecified atom stereocenters. The maximum absolute atomic E-state index is 11.5. The fourth-order valence-electron chi connectivity index (χ4n) is 1.53. The molecule has 1 aliphatic rings. The van der Waals surface area contributed by atoms with Crippen LogP contribution in [-0.4, -0.2) is 21.0 Å². The highest BCUT2D eigenvalue weighted by Crippen LogP contribution is 2.22. The molecule has 1 fully saturated rings. The molecular formula is C9H16O2S. The third-order valence-corrected chi connectivity index (χ3v) is 4.19. The van der Waals surface area contributed by atoms with Crippen LogP contribution in [0, 0.1) is 0 Å². The van der Waals surface area contributed by atoms with Gasteiger partial charge in [0.25, 0.3) is 0 Å². The van der Waals surface area contributed by atoms with E-state index in [4.69, 9.17) is 0 Å². The summed E-state index contributed by atoms with van der Waals surface area (Å²) in [5, 5.41) is 0.320. The maximum Gasteiger partial charge on any atom is 0.145 e. The number of Topliss-reactive ketones (excluding diaryl/α,β-unsaturated/α-hetero) is 1. The van der Waals surface area contributed by atoms with E-state index in [9.17, 15) is 9.00 Å². The van der Waals surface area contributed by atoms with Crippen molar-refractivity contribution in [1.82, 2.24) is 0 Å². The van der Waals surface area contributed by atoms with Gasteiger partial charge in [-0.1, -0.05) is 19.8 Å². The fraction of sp³-hybridized carbons (Fsp3) is 0.889. The summed E-state index contributed by atoms with van der Waals surface area (Å²) in [6.45, 7) is 1.83. The van der Waals surface area contributed by atoms with Gasteiger partial charge in [-0.3, -0.25) is 9.00 Å². The van der Waals surface area contributed by atoms with Crippen LogP contribution in [0.2, 0.25) is 0 Å². The molecule has 0 aliphatic heterocycles. The van der Waals surface area contributed by atoms with E-state index in [1.165, 1.54) is 12.8 Å². The Morgan fingerprint density at radius 1 is 1.42 bits per heavy atom. The monoisotopic (exact) mass is 188 g/mol. The molecule has 0 spiro atoms. The lowest BCUT2D eigenvalue weighted by Crippen LogP contribution is -2.18. The first-order valence-corrected chi connectivity index (χ1v) is 6.01. The summed E-state index contributed by atoms with van der Waals surface area (Å²) in [5.74, 6) is 0.432. The van der Waals surface area contributed by atoms with Crippen LogP contribution in [0.5, 0.6) is 0 Å². The van der Waals surface area contributed by atoms with E-state index >= 15 is 0 Å². The van der Waals surface area contributed by atoms with Crippen LogP contribution >= 0.6 is 0 Å². The molecular weight excluding hydrogens is 172 g/mol. The molecule has 70 valence electrons. The minimum Gasteiger partial charge on any atom is -0.299 e. The lowest BCUT2D eigenvalue weighted by molar-refractivity contribution is -0.116. The molecule has 3 heteroatoms. The van der Waals surface area contributed by atoms with Crippen molar-refractivity contribution in [1.29, 1.82) is 0 Å². The summed E-state index contributed by atoms with van der Waals surface area (Å²) in [6, 6.07) is 0. The van der Waals surface area contributed by atoms with Crippen LogP contribution in [0.4, 0.5) is 0 Å². The van der Waals surface area contributed by atoms with Crippen molar-refractivity contribution >= 4 is 16.6 Å². The van der Waals surface area contributed by atoms with E-state index in [0.29, 0.717) is 17.4 Å². The fourth-order valence-corrected chi connectivity index (χ4v) is 3.15. The SMILES string of the molecule is CCC(=O)CS(=O)C1CCCC1. The first kappa shape index (κ1) is 9.90. The topological polar surface area (TPSA) is 34.1 Å². The molecule has 0 aromatic rings. The summed E-state index contributed by atoms with van der Waals surface area (Å²) in [5.41, 5.74) is 0. The summed E-state index contributed by atoms with van der Waals surface area (Å²) in [4.78, 5) is 11.0. The minimum atomic E-state index is -0.875. The summed E-state index contributed by atoms with van der Waals surface area (Å²) < 4.78 is 11.5. The molecule has 2 nitrogen and oxygen atoms in total. The van der Waals surface area contributed by atoms with Crippen LogP contribution in [0.1, 0.15) is 39.0 Å². The van der Waals surface area contributed by atoms with Gasteiger partial charge < -0.3 is 0 Å². The number of rotatable bonds is 4. The van der Waals surface area contributed by atoms with Crippen LogP contribution in [0.25, 0.3) is 0 Å². The predicted octanol–water partition coefficient (Wildman–Crippen LogP) is 1.66. The quantitative estimate of drug-likeness (QED) is 0.672. The molecule has 0 heterocycles. The zero-order chi connectivity index (χ0) is 8.97. The van der Waals surface area contributed by atoms with Gasteiger partial charge in [0.15, 0.2) is 0 Å². The van der Waals surface area contributed by atoms with Gasteiger partial charge in [-0.15, -0.1) is 0 Å². The lowest BCUT2D eigenvalue weighted by atomic mass is 10.3. The second kappa shape index (κ2) is 4.75. The largest absolute Gasteiger partial charge is 0.299 e.